The van der Waals surface area contributed by atoms with Gasteiger partial charge in [-0.25, -0.2) is 0 Å². The Hall–Kier alpha value is -1.32. The summed E-state index contributed by atoms with van der Waals surface area (Å²) in [7, 11) is 0. The second-order valence-corrected chi connectivity index (χ2v) is 5.26. The molecule has 2 rings (SSSR count). The number of benzene rings is 1. The number of halogens is 1. The van der Waals surface area contributed by atoms with Crippen LogP contribution in [0.3, 0.4) is 0 Å². The molecule has 3 nitrogen and oxygen atoms in total. The zero-order valence-corrected chi connectivity index (χ0v) is 11.9. The summed E-state index contributed by atoms with van der Waals surface area (Å²) >= 11 is 6.04. The van der Waals surface area contributed by atoms with Crippen LogP contribution in [0.1, 0.15) is 19.4 Å². The lowest BCUT2D eigenvalue weighted by atomic mass is 10.2. The molecule has 19 heavy (non-hydrogen) atoms. The molecule has 4 heteroatoms. The van der Waals surface area contributed by atoms with Gasteiger partial charge in [-0.3, -0.25) is 4.79 Å². The van der Waals surface area contributed by atoms with E-state index in [4.69, 9.17) is 16.3 Å². The molecule has 0 aliphatic carbocycles. The van der Waals surface area contributed by atoms with E-state index < -0.39 is 0 Å². The van der Waals surface area contributed by atoms with Gasteiger partial charge >= 0.3 is 0 Å². The molecule has 0 radical (unpaired) electrons. The summed E-state index contributed by atoms with van der Waals surface area (Å²) in [5.41, 5.74) is 0.854. The van der Waals surface area contributed by atoms with Crippen molar-refractivity contribution in [1.82, 2.24) is 4.90 Å². The third-order valence-electron chi connectivity index (χ3n) is 3.04. The Morgan fingerprint density at radius 2 is 1.95 bits per heavy atom. The number of carbonyl (C=O) groups is 1. The van der Waals surface area contributed by atoms with Gasteiger partial charge in [-0.05, 0) is 31.6 Å². The topological polar surface area (TPSA) is 29.5 Å². The number of ether oxygens (including phenoxy) is 1. The highest BCUT2D eigenvalue weighted by atomic mass is 35.5. The van der Waals surface area contributed by atoms with Crippen molar-refractivity contribution in [1.29, 1.82) is 0 Å². The van der Waals surface area contributed by atoms with Crippen molar-refractivity contribution in [3.8, 4) is 0 Å². The third kappa shape index (κ3) is 3.82. The van der Waals surface area contributed by atoms with Gasteiger partial charge in [0.1, 0.15) is 0 Å². The summed E-state index contributed by atoms with van der Waals surface area (Å²) in [6.07, 6.45) is 3.50. The van der Waals surface area contributed by atoms with Crippen molar-refractivity contribution < 1.29 is 9.53 Å². The van der Waals surface area contributed by atoms with E-state index in [0.717, 1.165) is 5.56 Å². The van der Waals surface area contributed by atoms with Gasteiger partial charge in [-0.2, -0.15) is 0 Å². The first-order valence-electron chi connectivity index (χ1n) is 6.43. The zero-order chi connectivity index (χ0) is 13.8. The van der Waals surface area contributed by atoms with Crippen molar-refractivity contribution in [3.05, 3.63) is 40.9 Å². The van der Waals surface area contributed by atoms with Gasteiger partial charge in [0.05, 0.1) is 12.2 Å². The fourth-order valence-corrected chi connectivity index (χ4v) is 2.43. The predicted octanol–water partition coefficient (Wildman–Crippen LogP) is 2.99. The second-order valence-electron chi connectivity index (χ2n) is 4.86. The van der Waals surface area contributed by atoms with Gasteiger partial charge in [-0.1, -0.05) is 29.8 Å². The molecule has 0 spiro atoms. The maximum Gasteiger partial charge on any atom is 0.246 e. The smallest absolute Gasteiger partial charge is 0.246 e. The van der Waals surface area contributed by atoms with Crippen LogP contribution in [0.4, 0.5) is 0 Å². The first kappa shape index (κ1) is 14.1. The summed E-state index contributed by atoms with van der Waals surface area (Å²) in [4.78, 5) is 13.9. The first-order chi connectivity index (χ1) is 9.06. The van der Waals surface area contributed by atoms with Gasteiger partial charge in [0, 0.05) is 24.2 Å². The number of morpholine rings is 1. The van der Waals surface area contributed by atoms with Crippen LogP contribution >= 0.6 is 11.6 Å². The maximum atomic E-state index is 12.1. The number of amides is 1. The molecule has 0 saturated carbocycles. The van der Waals surface area contributed by atoms with E-state index in [1.807, 2.05) is 43.0 Å². The molecule has 1 fully saturated rings. The molecule has 1 saturated heterocycles. The number of nitrogens with zero attached hydrogens (tertiary/aromatic N) is 1. The summed E-state index contributed by atoms with van der Waals surface area (Å²) in [6.45, 7) is 5.23. The molecule has 1 aliphatic heterocycles. The molecular formula is C15H18ClNO2. The Kier molecular flexibility index (Phi) is 4.61. The van der Waals surface area contributed by atoms with Crippen LogP contribution in [0.25, 0.3) is 6.08 Å². The number of hydrogen-bond donors (Lipinski definition) is 0. The monoisotopic (exact) mass is 279 g/mol. The summed E-state index contributed by atoms with van der Waals surface area (Å²) < 4.78 is 5.61. The lowest BCUT2D eigenvalue weighted by molar-refractivity contribution is -0.137. The minimum absolute atomic E-state index is 0.00178. The van der Waals surface area contributed by atoms with E-state index in [-0.39, 0.29) is 18.1 Å². The number of hydrogen-bond acceptors (Lipinski definition) is 2. The van der Waals surface area contributed by atoms with Crippen molar-refractivity contribution >= 4 is 23.6 Å². The highest BCUT2D eigenvalue weighted by Gasteiger charge is 2.24. The molecule has 1 heterocycles. The van der Waals surface area contributed by atoms with E-state index in [9.17, 15) is 4.79 Å². The largest absolute Gasteiger partial charge is 0.372 e. The fourth-order valence-electron chi connectivity index (χ4n) is 2.23. The first-order valence-corrected chi connectivity index (χ1v) is 6.81. The quantitative estimate of drug-likeness (QED) is 0.779. The minimum atomic E-state index is 0.00178. The minimum Gasteiger partial charge on any atom is -0.372 e. The zero-order valence-electron chi connectivity index (χ0n) is 11.2. The van der Waals surface area contributed by atoms with Gasteiger partial charge in [0.2, 0.25) is 5.91 Å². The third-order valence-corrected chi connectivity index (χ3v) is 3.39. The van der Waals surface area contributed by atoms with Gasteiger partial charge in [0.25, 0.3) is 0 Å². The van der Waals surface area contributed by atoms with Gasteiger partial charge < -0.3 is 9.64 Å². The van der Waals surface area contributed by atoms with E-state index in [2.05, 4.69) is 0 Å². The molecule has 1 amide bonds. The Bertz CT molecular complexity index is 477. The molecule has 1 aromatic carbocycles. The Labute approximate surface area is 118 Å². The molecule has 2 atom stereocenters. The van der Waals surface area contributed by atoms with Gasteiger partial charge in [-0.15, -0.1) is 0 Å². The summed E-state index contributed by atoms with van der Waals surface area (Å²) in [6, 6.07) is 7.46. The summed E-state index contributed by atoms with van der Waals surface area (Å²) in [5, 5.41) is 0.648. The van der Waals surface area contributed by atoms with Crippen LogP contribution in [0, 0.1) is 0 Å². The van der Waals surface area contributed by atoms with E-state index >= 15 is 0 Å². The SMILES string of the molecule is C[C@@H]1CN(C(=O)/C=C/c2ccccc2Cl)C[C@H](C)O1. The molecule has 0 N–H and O–H groups in total. The lowest BCUT2D eigenvalue weighted by Crippen LogP contribution is -2.47. The fraction of sp³-hybridized carbons (Fsp3) is 0.400. The van der Waals surface area contributed by atoms with Crippen molar-refractivity contribution in [3.63, 3.8) is 0 Å². The van der Waals surface area contributed by atoms with Crippen LogP contribution in [0.15, 0.2) is 30.3 Å². The molecule has 102 valence electrons. The Morgan fingerprint density at radius 1 is 1.32 bits per heavy atom. The predicted molar refractivity (Wildman–Crippen MR) is 77.1 cm³/mol. The van der Waals surface area contributed by atoms with E-state index in [0.29, 0.717) is 18.1 Å². The van der Waals surface area contributed by atoms with Crippen LogP contribution < -0.4 is 0 Å². The second kappa shape index (κ2) is 6.22. The van der Waals surface area contributed by atoms with E-state index in [1.165, 1.54) is 0 Å². The molecular weight excluding hydrogens is 262 g/mol. The van der Waals surface area contributed by atoms with E-state index in [1.54, 1.807) is 12.2 Å². The Morgan fingerprint density at radius 3 is 2.58 bits per heavy atom. The molecule has 0 bridgehead atoms. The molecule has 0 aromatic heterocycles. The Balaban J connectivity index is 2.03. The molecule has 0 unspecified atom stereocenters. The average molecular weight is 280 g/mol. The number of rotatable bonds is 2. The van der Waals surface area contributed by atoms with Crippen LogP contribution in [-0.4, -0.2) is 36.1 Å². The normalized spacial score (nSPS) is 23.8. The summed E-state index contributed by atoms with van der Waals surface area (Å²) in [5.74, 6) is 0.00178. The standard InChI is InChI=1S/C15H18ClNO2/c1-11-9-17(10-12(2)19-11)15(18)8-7-13-5-3-4-6-14(13)16/h3-8,11-12H,9-10H2,1-2H3/b8-7+/t11-,12+. The van der Waals surface area contributed by atoms with Crippen LogP contribution in [0.2, 0.25) is 5.02 Å². The van der Waals surface area contributed by atoms with Crippen molar-refractivity contribution in [2.45, 2.75) is 26.1 Å². The number of carbonyl (C=O) groups excluding carboxylic acids is 1. The van der Waals surface area contributed by atoms with Crippen LogP contribution in [0.5, 0.6) is 0 Å². The highest BCUT2D eigenvalue weighted by Crippen LogP contribution is 2.17. The highest BCUT2D eigenvalue weighted by molar-refractivity contribution is 6.32. The molecule has 1 aliphatic rings. The maximum absolute atomic E-state index is 12.1. The van der Waals surface area contributed by atoms with Gasteiger partial charge in [0.15, 0.2) is 0 Å². The van der Waals surface area contributed by atoms with Crippen LogP contribution in [-0.2, 0) is 9.53 Å². The average Bonchev–Trinajstić information content (AvgIpc) is 2.36. The van der Waals surface area contributed by atoms with Crippen molar-refractivity contribution in [2.24, 2.45) is 0 Å². The lowest BCUT2D eigenvalue weighted by Gasteiger charge is -2.34. The molecule has 1 aromatic rings. The van der Waals surface area contributed by atoms with Crippen molar-refractivity contribution in [2.75, 3.05) is 13.1 Å².